The molecule has 0 saturated heterocycles. The lowest BCUT2D eigenvalue weighted by molar-refractivity contribution is 0.412. The third-order valence-corrected chi connectivity index (χ3v) is 3.03. The van der Waals surface area contributed by atoms with Crippen molar-refractivity contribution in [3.63, 3.8) is 0 Å². The van der Waals surface area contributed by atoms with Crippen molar-refractivity contribution in [3.8, 4) is 5.75 Å². The fourth-order valence-corrected chi connectivity index (χ4v) is 1.97. The molecule has 0 radical (unpaired) electrons. The maximum Gasteiger partial charge on any atom is 0.135 e. The van der Waals surface area contributed by atoms with Gasteiger partial charge in [0.1, 0.15) is 10.9 Å². The number of ether oxygens (including phenoxy) is 1. The van der Waals surface area contributed by atoms with Crippen LogP contribution in [0.5, 0.6) is 5.75 Å². The smallest absolute Gasteiger partial charge is 0.135 e. The Balaban J connectivity index is 2.24. The summed E-state index contributed by atoms with van der Waals surface area (Å²) in [5.74, 6) is 0.773. The van der Waals surface area contributed by atoms with Gasteiger partial charge >= 0.3 is 0 Å². The van der Waals surface area contributed by atoms with Crippen LogP contribution in [0.25, 0.3) is 0 Å². The molecule has 1 aromatic carbocycles. The second kappa shape index (κ2) is 5.38. The van der Waals surface area contributed by atoms with Crippen LogP contribution in [0.1, 0.15) is 0 Å². The zero-order chi connectivity index (χ0) is 12.3. The van der Waals surface area contributed by atoms with Crippen LogP contribution in [0.4, 0.5) is 11.4 Å². The van der Waals surface area contributed by atoms with Crippen LogP contribution in [0, 0.1) is 0 Å². The molecule has 1 aromatic heterocycles. The number of nitrogens with zero attached hydrogens (tertiary/aromatic N) is 1. The first-order chi connectivity index (χ1) is 8.19. The third kappa shape index (κ3) is 3.11. The van der Waals surface area contributed by atoms with Gasteiger partial charge in [-0.2, -0.15) is 0 Å². The summed E-state index contributed by atoms with van der Waals surface area (Å²) in [6.07, 6.45) is 1.65. The van der Waals surface area contributed by atoms with Gasteiger partial charge in [-0.3, -0.25) is 0 Å². The molecule has 0 atom stereocenters. The Bertz CT molecular complexity index is 534. The quantitative estimate of drug-likeness (QED) is 0.860. The van der Waals surface area contributed by atoms with Crippen LogP contribution >= 0.6 is 27.5 Å². The van der Waals surface area contributed by atoms with Crippen molar-refractivity contribution < 1.29 is 4.74 Å². The number of nitrogens with one attached hydrogen (secondary N) is 1. The predicted octanol–water partition coefficient (Wildman–Crippen LogP) is 4.25. The summed E-state index contributed by atoms with van der Waals surface area (Å²) in [6, 6.07) is 9.37. The van der Waals surface area contributed by atoms with Crippen LogP contribution in [-0.4, -0.2) is 12.1 Å². The lowest BCUT2D eigenvalue weighted by atomic mass is 10.3. The van der Waals surface area contributed by atoms with E-state index in [0.29, 0.717) is 5.15 Å². The van der Waals surface area contributed by atoms with E-state index in [-0.39, 0.29) is 0 Å². The Morgan fingerprint density at radius 3 is 2.71 bits per heavy atom. The van der Waals surface area contributed by atoms with Crippen LogP contribution in [0.3, 0.4) is 0 Å². The molecule has 0 amide bonds. The standard InChI is InChI=1S/C12H10BrClN2O/c1-17-11-6-8(2-3-10(11)13)16-9-4-5-15-12(14)7-9/h2-7H,1H3,(H,15,16). The number of benzene rings is 1. The summed E-state index contributed by atoms with van der Waals surface area (Å²) in [6.45, 7) is 0. The van der Waals surface area contributed by atoms with Gasteiger partial charge in [0, 0.05) is 23.6 Å². The molecule has 2 aromatic rings. The fraction of sp³-hybridized carbons (Fsp3) is 0.0833. The first-order valence-corrected chi connectivity index (χ1v) is 6.08. The minimum absolute atomic E-state index is 0.457. The van der Waals surface area contributed by atoms with Gasteiger partial charge in [0.2, 0.25) is 0 Å². The molecule has 3 nitrogen and oxygen atoms in total. The predicted molar refractivity (Wildman–Crippen MR) is 73.2 cm³/mol. The van der Waals surface area contributed by atoms with Crippen molar-refractivity contribution >= 4 is 38.9 Å². The van der Waals surface area contributed by atoms with Gasteiger partial charge in [0.25, 0.3) is 0 Å². The topological polar surface area (TPSA) is 34.1 Å². The van der Waals surface area contributed by atoms with Gasteiger partial charge < -0.3 is 10.1 Å². The van der Waals surface area contributed by atoms with E-state index in [4.69, 9.17) is 16.3 Å². The Hall–Kier alpha value is -1.26. The molecule has 1 heterocycles. The Morgan fingerprint density at radius 1 is 1.24 bits per heavy atom. The van der Waals surface area contributed by atoms with E-state index in [1.54, 1.807) is 19.4 Å². The first kappa shape index (κ1) is 12.2. The number of hydrogen-bond donors (Lipinski definition) is 1. The van der Waals surface area contributed by atoms with Crippen molar-refractivity contribution in [3.05, 3.63) is 46.2 Å². The SMILES string of the molecule is COc1cc(Nc2ccnc(Cl)c2)ccc1Br. The number of methoxy groups -OCH3 is 1. The van der Waals surface area contributed by atoms with Crippen molar-refractivity contribution in [2.75, 3.05) is 12.4 Å². The summed E-state index contributed by atoms with van der Waals surface area (Å²) < 4.78 is 6.14. The Morgan fingerprint density at radius 2 is 2.00 bits per heavy atom. The molecule has 0 bridgehead atoms. The summed E-state index contributed by atoms with van der Waals surface area (Å²) in [7, 11) is 1.63. The number of anilines is 2. The third-order valence-electron chi connectivity index (χ3n) is 2.17. The number of halogens is 2. The van der Waals surface area contributed by atoms with Gasteiger partial charge in [-0.1, -0.05) is 11.6 Å². The van der Waals surface area contributed by atoms with E-state index in [1.807, 2.05) is 24.3 Å². The van der Waals surface area contributed by atoms with E-state index in [2.05, 4.69) is 26.2 Å². The van der Waals surface area contributed by atoms with Crippen molar-refractivity contribution in [1.82, 2.24) is 4.98 Å². The van der Waals surface area contributed by atoms with Crippen molar-refractivity contribution in [2.45, 2.75) is 0 Å². The van der Waals surface area contributed by atoms with E-state index >= 15 is 0 Å². The average molecular weight is 314 g/mol. The number of pyridine rings is 1. The van der Waals surface area contributed by atoms with Crippen LogP contribution in [-0.2, 0) is 0 Å². The van der Waals surface area contributed by atoms with Crippen LogP contribution < -0.4 is 10.1 Å². The van der Waals surface area contributed by atoms with Crippen LogP contribution in [0.15, 0.2) is 41.0 Å². The highest BCUT2D eigenvalue weighted by Gasteiger charge is 2.02. The highest BCUT2D eigenvalue weighted by molar-refractivity contribution is 9.10. The highest BCUT2D eigenvalue weighted by atomic mass is 79.9. The minimum Gasteiger partial charge on any atom is -0.495 e. The molecule has 5 heteroatoms. The normalized spacial score (nSPS) is 10.1. The largest absolute Gasteiger partial charge is 0.495 e. The van der Waals surface area contributed by atoms with Gasteiger partial charge in [0.15, 0.2) is 0 Å². The minimum atomic E-state index is 0.457. The van der Waals surface area contributed by atoms with Gasteiger partial charge in [-0.05, 0) is 40.2 Å². The highest BCUT2D eigenvalue weighted by Crippen LogP contribution is 2.29. The maximum absolute atomic E-state index is 5.81. The molecule has 2 rings (SSSR count). The van der Waals surface area contributed by atoms with E-state index < -0.39 is 0 Å². The van der Waals surface area contributed by atoms with E-state index in [0.717, 1.165) is 21.6 Å². The Labute approximate surface area is 113 Å². The average Bonchev–Trinajstić information content (AvgIpc) is 2.32. The molecule has 88 valence electrons. The number of rotatable bonds is 3. The molecule has 1 N–H and O–H groups in total. The molecule has 0 aliphatic rings. The molecule has 0 unspecified atom stereocenters. The van der Waals surface area contributed by atoms with Crippen molar-refractivity contribution in [2.24, 2.45) is 0 Å². The summed E-state index contributed by atoms with van der Waals surface area (Å²) >= 11 is 9.22. The molecular weight excluding hydrogens is 304 g/mol. The van der Waals surface area contributed by atoms with Gasteiger partial charge in [-0.15, -0.1) is 0 Å². The lowest BCUT2D eigenvalue weighted by Crippen LogP contribution is -1.92. The summed E-state index contributed by atoms with van der Waals surface area (Å²) in [5.41, 5.74) is 1.81. The molecule has 0 spiro atoms. The van der Waals surface area contributed by atoms with Crippen molar-refractivity contribution in [1.29, 1.82) is 0 Å². The second-order valence-corrected chi connectivity index (χ2v) is 4.58. The summed E-state index contributed by atoms with van der Waals surface area (Å²) in [5, 5.41) is 3.68. The van der Waals surface area contributed by atoms with Crippen LogP contribution in [0.2, 0.25) is 5.15 Å². The Kier molecular flexibility index (Phi) is 3.86. The summed E-state index contributed by atoms with van der Waals surface area (Å²) in [4.78, 5) is 3.92. The molecular formula is C12H10BrClN2O. The van der Waals surface area contributed by atoms with Gasteiger partial charge in [-0.25, -0.2) is 4.98 Å². The molecule has 0 fully saturated rings. The molecule has 0 aliphatic carbocycles. The zero-order valence-electron chi connectivity index (χ0n) is 9.08. The lowest BCUT2D eigenvalue weighted by Gasteiger charge is -2.09. The second-order valence-electron chi connectivity index (χ2n) is 3.34. The number of hydrogen-bond acceptors (Lipinski definition) is 3. The zero-order valence-corrected chi connectivity index (χ0v) is 11.4. The first-order valence-electron chi connectivity index (χ1n) is 4.91. The van der Waals surface area contributed by atoms with E-state index in [9.17, 15) is 0 Å². The monoisotopic (exact) mass is 312 g/mol. The molecule has 17 heavy (non-hydrogen) atoms. The number of aromatic nitrogens is 1. The van der Waals surface area contributed by atoms with Gasteiger partial charge in [0.05, 0.1) is 11.6 Å². The maximum atomic E-state index is 5.81. The molecule has 0 saturated carbocycles. The fourth-order valence-electron chi connectivity index (χ4n) is 1.38. The van der Waals surface area contributed by atoms with E-state index in [1.165, 1.54) is 0 Å². The molecule has 0 aliphatic heterocycles.